The summed E-state index contributed by atoms with van der Waals surface area (Å²) in [6.07, 6.45) is 9.64. The fourth-order valence-electron chi connectivity index (χ4n) is 8.44. The predicted molar refractivity (Wildman–Crippen MR) is 558 cm³/mol. The lowest BCUT2D eigenvalue weighted by Crippen LogP contribution is -2.50. The van der Waals surface area contributed by atoms with Gasteiger partial charge in [0, 0.05) is 5.57 Å². The van der Waals surface area contributed by atoms with Gasteiger partial charge in [-0.2, -0.15) is 0 Å². The van der Waals surface area contributed by atoms with Crippen molar-refractivity contribution in [2.45, 2.75) is 359 Å². The normalized spacial score (nSPS) is 14.0. The number of aliphatic carboxylic acids is 4. The summed E-state index contributed by atoms with van der Waals surface area (Å²) in [5, 5.41) is 51.6. The number of esters is 10. The minimum Gasteiger partial charge on any atom is -0.481 e. The van der Waals surface area contributed by atoms with Crippen LogP contribution in [0.5, 0.6) is 0 Å². The average molecular weight is 2030 g/mol. The molecule has 31 nitrogen and oxygen atoms in total. The zero-order valence-electron chi connectivity index (χ0n) is 94.9. The molecule has 0 radical (unpaired) electrons. The van der Waals surface area contributed by atoms with Crippen LogP contribution in [0.3, 0.4) is 0 Å². The molecule has 3 unspecified atom stereocenters. The number of hydrogen-bond acceptors (Lipinski definition) is 27. The molecule has 0 bridgehead atoms. The molecule has 6 N–H and O–H groups in total. The Kier molecular flexibility index (Phi) is 76.2. The lowest BCUT2D eigenvalue weighted by atomic mass is 9.69. The monoisotopic (exact) mass is 2030 g/mol. The first-order valence-corrected chi connectivity index (χ1v) is 49.1. The molecule has 4 rings (SSSR count). The molecule has 1 aliphatic heterocycles. The summed E-state index contributed by atoms with van der Waals surface area (Å²) in [5.74, 6) is -5.44. The van der Waals surface area contributed by atoms with E-state index in [4.69, 9.17) is 72.9 Å². The van der Waals surface area contributed by atoms with E-state index in [0.717, 1.165) is 55.2 Å². The number of aliphatic hydroxyl groups excluding tert-OH is 2. The highest BCUT2D eigenvalue weighted by Crippen LogP contribution is 2.43. The van der Waals surface area contributed by atoms with E-state index >= 15 is 0 Å². The number of benzene rings is 3. The summed E-state index contributed by atoms with van der Waals surface area (Å²) in [4.78, 5) is 155. The smallest absolute Gasteiger partial charge is 0.333 e. The van der Waals surface area contributed by atoms with Gasteiger partial charge in [-0.1, -0.05) is 193 Å². The number of carboxylic acid groups (broad SMARTS) is 4. The van der Waals surface area contributed by atoms with Crippen molar-refractivity contribution in [1.82, 2.24) is 0 Å². The molecule has 3 aromatic rings. The second kappa shape index (κ2) is 73.6. The maximum absolute atomic E-state index is 11.9. The van der Waals surface area contributed by atoms with E-state index < -0.39 is 79.3 Å². The van der Waals surface area contributed by atoms with E-state index in [9.17, 15) is 72.2 Å². The summed E-state index contributed by atoms with van der Waals surface area (Å²) in [6.45, 7) is 74.6. The van der Waals surface area contributed by atoms with Crippen LogP contribution in [0.1, 0.15) is 349 Å². The van der Waals surface area contributed by atoms with Gasteiger partial charge in [-0.3, -0.25) is 62.3 Å². The molecule has 0 saturated carbocycles. The molecule has 1 heterocycles. The zero-order valence-corrected chi connectivity index (χ0v) is 94.9. The maximum atomic E-state index is 11.9. The van der Waals surface area contributed by atoms with Crippen molar-refractivity contribution < 1.29 is 150 Å². The van der Waals surface area contributed by atoms with Crippen molar-refractivity contribution in [2.75, 3.05) is 67.6 Å². The third kappa shape index (κ3) is 64.9. The molecule has 0 aromatic heterocycles. The van der Waals surface area contributed by atoms with Crippen LogP contribution in [-0.2, 0) is 139 Å². The first-order valence-electron chi connectivity index (χ1n) is 49.1. The number of aliphatic hydroxyl groups is 2. The van der Waals surface area contributed by atoms with E-state index in [2.05, 4.69) is 17.9 Å². The van der Waals surface area contributed by atoms with Crippen LogP contribution in [0.25, 0.3) is 0 Å². The molecule has 0 amide bonds. The molecule has 143 heavy (non-hydrogen) atoms. The second-order valence-corrected chi connectivity index (χ2v) is 41.7. The summed E-state index contributed by atoms with van der Waals surface area (Å²) in [5.41, 5.74) is -3.16. The lowest BCUT2D eigenvalue weighted by Gasteiger charge is -2.42. The fourth-order valence-corrected chi connectivity index (χ4v) is 8.44. The molecule has 0 spiro atoms. The van der Waals surface area contributed by atoms with Crippen molar-refractivity contribution in [3.05, 3.63) is 132 Å². The molecular formula is C112H190O31. The van der Waals surface area contributed by atoms with Crippen molar-refractivity contribution in [3.8, 4) is 0 Å². The Hall–Kier alpha value is -10.4. The lowest BCUT2D eigenvalue weighted by molar-refractivity contribution is -0.181. The van der Waals surface area contributed by atoms with Gasteiger partial charge < -0.3 is 82.7 Å². The van der Waals surface area contributed by atoms with Crippen LogP contribution in [0.15, 0.2) is 116 Å². The molecule has 0 aliphatic carbocycles. The number of carboxylic acids is 4. The average Bonchev–Trinajstić information content (AvgIpc) is 0.774. The summed E-state index contributed by atoms with van der Waals surface area (Å²) in [7, 11) is 4.11. The molecule has 31 heteroatoms. The van der Waals surface area contributed by atoms with Gasteiger partial charge in [0.05, 0.1) is 112 Å². The minimum atomic E-state index is -1.02. The van der Waals surface area contributed by atoms with E-state index in [1.54, 1.807) is 82.2 Å². The number of carbonyl (C=O) groups is 14. The topological polar surface area (TPSA) is 462 Å². The van der Waals surface area contributed by atoms with Gasteiger partial charge in [0.2, 0.25) is 0 Å². The van der Waals surface area contributed by atoms with Gasteiger partial charge >= 0.3 is 83.6 Å². The van der Waals surface area contributed by atoms with Gasteiger partial charge in [-0.25, -0.2) is 4.79 Å². The highest BCUT2D eigenvalue weighted by Gasteiger charge is 2.52. The van der Waals surface area contributed by atoms with Crippen LogP contribution in [0, 0.1) is 70.4 Å². The van der Waals surface area contributed by atoms with E-state index in [1.807, 2.05) is 257 Å². The molecule has 1 aliphatic rings. The van der Waals surface area contributed by atoms with Crippen LogP contribution in [0.4, 0.5) is 0 Å². The summed E-state index contributed by atoms with van der Waals surface area (Å²) in [6, 6.07) is 29.2. The highest BCUT2D eigenvalue weighted by atomic mass is 16.6. The van der Waals surface area contributed by atoms with Crippen molar-refractivity contribution >= 4 is 83.6 Å². The number of ether oxygens (including phenoxy) is 11. The Morgan fingerprint density at radius 3 is 0.811 bits per heavy atom. The first-order chi connectivity index (χ1) is 65.5. The summed E-state index contributed by atoms with van der Waals surface area (Å²) < 4.78 is 54.7. The zero-order chi connectivity index (χ0) is 114. The molecule has 3 aromatic carbocycles. The summed E-state index contributed by atoms with van der Waals surface area (Å²) >= 11 is 0. The Bertz CT molecular complexity index is 3900. The van der Waals surface area contributed by atoms with Crippen molar-refractivity contribution in [2.24, 2.45) is 70.4 Å². The Morgan fingerprint density at radius 2 is 0.601 bits per heavy atom. The largest absolute Gasteiger partial charge is 0.481 e. The quantitative estimate of drug-likeness (QED) is 0.0133. The Morgan fingerprint density at radius 1 is 0.357 bits per heavy atom. The highest BCUT2D eigenvalue weighted by molar-refractivity contribution is 5.87. The van der Waals surface area contributed by atoms with Gasteiger partial charge in [0.15, 0.2) is 0 Å². The Balaban J connectivity index is -0.000000234. The van der Waals surface area contributed by atoms with Gasteiger partial charge in [0.1, 0.15) is 52.4 Å². The van der Waals surface area contributed by atoms with Crippen molar-refractivity contribution in [1.29, 1.82) is 0 Å². The molecular weight excluding hydrogens is 1840 g/mol. The third-order valence-electron chi connectivity index (χ3n) is 25.1. The minimum absolute atomic E-state index is 0.0995. The Labute approximate surface area is 858 Å². The molecule has 1 fully saturated rings. The fraction of sp³-hybridized carbons (Fsp3) is 0.679. The first kappa shape index (κ1) is 148. The van der Waals surface area contributed by atoms with Crippen molar-refractivity contribution in [3.63, 3.8) is 0 Å². The van der Waals surface area contributed by atoms with E-state index in [-0.39, 0.29) is 119 Å². The van der Waals surface area contributed by atoms with E-state index in [0.29, 0.717) is 78.0 Å². The third-order valence-corrected chi connectivity index (χ3v) is 25.1. The van der Waals surface area contributed by atoms with Crippen LogP contribution >= 0.6 is 0 Å². The van der Waals surface area contributed by atoms with Crippen LogP contribution < -0.4 is 0 Å². The molecule has 3 atom stereocenters. The van der Waals surface area contributed by atoms with Gasteiger partial charge in [-0.15, -0.1) is 0 Å². The predicted octanol–water partition coefficient (Wildman–Crippen LogP) is 22.8. The SMILES string of the molecule is C=C(C)C(=O)OCC(O)COC(=O)C(C)(C)CC.C=CCOC(=O)C(C)(C)CC.CCC(C)(C)C(=O)O.CCC(C)(C)C(=O)O.CCC(C)(C)C(=O)O.CCC(C)(C)C(=O)O.CCC(C)(C)C(=O)OC.CCC(C)(C)C(=O)OCCO.CCC(C)(C)C(=O)OCc1ccccc1.CCC(C)(C)C(=O)OCc1ccccc1.CCC(C)(C)C(=O)OCc1ccccc1.CCC1(C(=O)OC)COCC(C)(C(=O)OC)C1. The van der Waals surface area contributed by atoms with E-state index in [1.165, 1.54) is 28.3 Å². The standard InChI is InChI=1S/C13H22O5.3C13H18O2.C12H20O5.C9H16O2.C8H16O3.C7H14O2.4C6H12O2/c1-6-13(4,5)12(16)18-8-10(14)7-17-11(15)9(2)3;3*1-4-13(2,3)12(14)15-10-11-8-6-5-7-9-11;1-5-12(10(14)16-4)6-11(2,7-17-8-12)9(13)15-3;1-5-7-11-8(10)9(3,4)6-2;1-4-8(2,3)7(10)11-6-5-9;1-5-7(2,3)6(8)9-4;4*1-4-6(2,3)5(7)8/h10,14H,2,6-8H2,1,3-5H3;3*5-9H,4,10H2,1-3H3;5-8H2,1-4H3;5H,1,6-7H2,2-4H3;9H,4-6H2,1-3H3;5H2,1-4H3;4*4H2,1-3H3,(H,7,8). The molecule has 824 valence electrons. The van der Waals surface area contributed by atoms with Gasteiger partial charge in [-0.05, 0) is 266 Å². The number of carbonyl (C=O) groups excluding carboxylic acids is 10. The van der Waals surface area contributed by atoms with Gasteiger partial charge in [0.25, 0.3) is 0 Å². The molecule has 1 saturated heterocycles. The second-order valence-electron chi connectivity index (χ2n) is 41.7. The number of hydrogen-bond donors (Lipinski definition) is 6. The maximum Gasteiger partial charge on any atom is 0.333 e. The van der Waals surface area contributed by atoms with Crippen LogP contribution in [-0.4, -0.2) is 188 Å². The number of rotatable bonds is 40. The number of methoxy groups -OCH3 is 3. The van der Waals surface area contributed by atoms with Crippen LogP contribution in [0.2, 0.25) is 0 Å².